The van der Waals surface area contributed by atoms with Gasteiger partial charge < -0.3 is 0 Å². The van der Waals surface area contributed by atoms with Gasteiger partial charge in [0.05, 0.1) is 0 Å². The second kappa shape index (κ2) is 4.91. The molecule has 0 unspecified atom stereocenters. The van der Waals surface area contributed by atoms with E-state index < -0.39 is 0 Å². The van der Waals surface area contributed by atoms with Crippen molar-refractivity contribution in [2.24, 2.45) is 23.2 Å². The number of carbonyl (C=O) groups excluding carboxylic acids is 2. The van der Waals surface area contributed by atoms with Crippen LogP contribution in [-0.2, 0) is 9.59 Å². The number of hydrogen-bond donors (Lipinski definition) is 0. The number of hydrogen-bond acceptors (Lipinski definition) is 2. The molecule has 0 aliphatic heterocycles. The second-order valence-corrected chi connectivity index (χ2v) is 7.94. The fraction of sp³-hybridized carbons (Fsp3) is 0.700. The molecule has 0 heterocycles. The Balaban J connectivity index is 1.74. The van der Waals surface area contributed by atoms with E-state index >= 15 is 0 Å². The average molecular weight is 298 g/mol. The molecular formula is C20H26O2. The lowest BCUT2D eigenvalue weighted by molar-refractivity contribution is -0.129. The SMILES string of the molecule is C=C1C[C@]2(CC)C(=O)CC[C@H]2[C@@H]2CCC3=C(CCC(=O)C3)[C@@H]12. The predicted octanol–water partition coefficient (Wildman–Crippen LogP) is 4.40. The van der Waals surface area contributed by atoms with Crippen molar-refractivity contribution in [3.8, 4) is 0 Å². The van der Waals surface area contributed by atoms with Crippen LogP contribution in [0.25, 0.3) is 0 Å². The summed E-state index contributed by atoms with van der Waals surface area (Å²) >= 11 is 0. The Morgan fingerprint density at radius 3 is 2.73 bits per heavy atom. The van der Waals surface area contributed by atoms with E-state index in [2.05, 4.69) is 13.5 Å². The normalized spacial score (nSPS) is 41.3. The summed E-state index contributed by atoms with van der Waals surface area (Å²) in [6.45, 7) is 6.62. The van der Waals surface area contributed by atoms with Crippen molar-refractivity contribution >= 4 is 11.6 Å². The van der Waals surface area contributed by atoms with E-state index in [9.17, 15) is 9.59 Å². The number of carbonyl (C=O) groups is 2. The number of fused-ring (bicyclic) bond motifs is 4. The predicted molar refractivity (Wildman–Crippen MR) is 86.3 cm³/mol. The van der Waals surface area contributed by atoms with Crippen molar-refractivity contribution in [2.75, 3.05) is 0 Å². The lowest BCUT2D eigenvalue weighted by Crippen LogP contribution is -2.46. The van der Waals surface area contributed by atoms with Crippen LogP contribution in [0.5, 0.6) is 0 Å². The topological polar surface area (TPSA) is 34.1 Å². The minimum Gasteiger partial charge on any atom is -0.299 e. The van der Waals surface area contributed by atoms with Gasteiger partial charge in [-0.1, -0.05) is 30.2 Å². The molecule has 118 valence electrons. The highest BCUT2D eigenvalue weighted by Gasteiger charge is 2.57. The zero-order valence-electron chi connectivity index (χ0n) is 13.6. The molecule has 0 radical (unpaired) electrons. The second-order valence-electron chi connectivity index (χ2n) is 7.94. The number of rotatable bonds is 1. The van der Waals surface area contributed by atoms with E-state index in [-0.39, 0.29) is 5.41 Å². The average Bonchev–Trinajstić information content (AvgIpc) is 2.84. The van der Waals surface area contributed by atoms with Crippen molar-refractivity contribution in [1.82, 2.24) is 0 Å². The van der Waals surface area contributed by atoms with Crippen molar-refractivity contribution in [2.45, 2.75) is 64.7 Å². The standard InChI is InChI=1S/C20H26O2/c1-3-20-11-12(2)19-15-7-5-14(21)10-13(15)4-6-16(19)17(20)8-9-18(20)22/h16-17,19H,2-11H2,1H3/t16-,17-,19+,20-/m0/s1. The molecule has 4 atom stereocenters. The van der Waals surface area contributed by atoms with E-state index in [4.69, 9.17) is 0 Å². The molecule has 0 saturated heterocycles. The van der Waals surface area contributed by atoms with Gasteiger partial charge in [-0.2, -0.15) is 0 Å². The van der Waals surface area contributed by atoms with Gasteiger partial charge in [-0.05, 0) is 50.4 Å². The van der Waals surface area contributed by atoms with Crippen molar-refractivity contribution < 1.29 is 9.59 Å². The third kappa shape index (κ3) is 1.79. The quantitative estimate of drug-likeness (QED) is 0.672. The van der Waals surface area contributed by atoms with Gasteiger partial charge in [-0.15, -0.1) is 0 Å². The Morgan fingerprint density at radius 1 is 1.14 bits per heavy atom. The first-order valence-corrected chi connectivity index (χ1v) is 9.00. The first-order valence-electron chi connectivity index (χ1n) is 9.00. The van der Waals surface area contributed by atoms with Crippen molar-refractivity contribution in [1.29, 1.82) is 0 Å². The molecule has 0 aromatic heterocycles. The summed E-state index contributed by atoms with van der Waals surface area (Å²) < 4.78 is 0. The van der Waals surface area contributed by atoms with Crippen molar-refractivity contribution in [3.63, 3.8) is 0 Å². The highest BCUT2D eigenvalue weighted by molar-refractivity contribution is 5.88. The fourth-order valence-electron chi connectivity index (χ4n) is 6.24. The lowest BCUT2D eigenvalue weighted by atomic mass is 9.52. The molecular weight excluding hydrogens is 272 g/mol. The molecule has 0 spiro atoms. The number of allylic oxidation sites excluding steroid dienone is 3. The van der Waals surface area contributed by atoms with Crippen LogP contribution in [0.3, 0.4) is 0 Å². The van der Waals surface area contributed by atoms with Gasteiger partial charge >= 0.3 is 0 Å². The van der Waals surface area contributed by atoms with Gasteiger partial charge in [0.2, 0.25) is 0 Å². The highest BCUT2D eigenvalue weighted by atomic mass is 16.1. The minimum atomic E-state index is -0.0964. The van der Waals surface area contributed by atoms with E-state index in [1.807, 2.05) is 0 Å². The number of ketones is 2. The van der Waals surface area contributed by atoms with E-state index in [0.717, 1.165) is 51.4 Å². The third-order valence-electron chi connectivity index (χ3n) is 7.20. The largest absolute Gasteiger partial charge is 0.299 e. The van der Waals surface area contributed by atoms with Crippen LogP contribution in [0.1, 0.15) is 64.7 Å². The zero-order valence-corrected chi connectivity index (χ0v) is 13.6. The third-order valence-corrected chi connectivity index (χ3v) is 7.20. The molecule has 22 heavy (non-hydrogen) atoms. The summed E-state index contributed by atoms with van der Waals surface area (Å²) in [6.07, 6.45) is 8.35. The smallest absolute Gasteiger partial charge is 0.139 e. The zero-order chi connectivity index (χ0) is 15.5. The molecule has 4 aliphatic rings. The highest BCUT2D eigenvalue weighted by Crippen LogP contribution is 2.62. The Kier molecular flexibility index (Phi) is 3.22. The van der Waals surface area contributed by atoms with Crippen LogP contribution >= 0.6 is 0 Å². The maximum absolute atomic E-state index is 12.6. The molecule has 2 fully saturated rings. The van der Waals surface area contributed by atoms with Crippen LogP contribution in [-0.4, -0.2) is 11.6 Å². The molecule has 2 saturated carbocycles. The van der Waals surface area contributed by atoms with Crippen molar-refractivity contribution in [3.05, 3.63) is 23.3 Å². The Bertz CT molecular complexity index is 597. The molecule has 0 aromatic rings. The molecule has 4 aliphatic carbocycles. The molecule has 0 amide bonds. The molecule has 4 rings (SSSR count). The maximum Gasteiger partial charge on any atom is 0.139 e. The van der Waals surface area contributed by atoms with Gasteiger partial charge in [0.1, 0.15) is 11.6 Å². The molecule has 0 aromatic carbocycles. The van der Waals surface area contributed by atoms with Gasteiger partial charge in [0, 0.05) is 30.6 Å². The van der Waals surface area contributed by atoms with Crippen LogP contribution in [0.4, 0.5) is 0 Å². The Hall–Kier alpha value is -1.18. The lowest BCUT2D eigenvalue weighted by Gasteiger charge is -2.51. The van der Waals surface area contributed by atoms with Crippen LogP contribution in [0.15, 0.2) is 23.3 Å². The van der Waals surface area contributed by atoms with Gasteiger partial charge in [0.25, 0.3) is 0 Å². The van der Waals surface area contributed by atoms with Crippen LogP contribution in [0.2, 0.25) is 0 Å². The van der Waals surface area contributed by atoms with E-state index in [0.29, 0.717) is 35.7 Å². The maximum atomic E-state index is 12.6. The summed E-state index contributed by atoms with van der Waals surface area (Å²) in [7, 11) is 0. The van der Waals surface area contributed by atoms with Crippen LogP contribution in [0, 0.1) is 23.2 Å². The first-order chi connectivity index (χ1) is 10.6. The molecule has 2 heteroatoms. The van der Waals surface area contributed by atoms with Gasteiger partial charge in [-0.25, -0.2) is 0 Å². The first kappa shape index (κ1) is 14.4. The Morgan fingerprint density at radius 2 is 1.95 bits per heavy atom. The summed E-state index contributed by atoms with van der Waals surface area (Å²) in [5.74, 6) is 2.56. The van der Waals surface area contributed by atoms with Gasteiger partial charge in [-0.3, -0.25) is 9.59 Å². The summed E-state index contributed by atoms with van der Waals surface area (Å²) in [5, 5.41) is 0. The van der Waals surface area contributed by atoms with E-state index in [1.54, 1.807) is 5.57 Å². The Labute approximate surface area is 133 Å². The molecule has 2 nitrogen and oxygen atoms in total. The minimum absolute atomic E-state index is 0.0964. The van der Waals surface area contributed by atoms with Gasteiger partial charge in [0.15, 0.2) is 0 Å². The molecule has 0 N–H and O–H groups in total. The van der Waals surface area contributed by atoms with Crippen LogP contribution < -0.4 is 0 Å². The fourth-order valence-corrected chi connectivity index (χ4v) is 6.24. The summed E-state index contributed by atoms with van der Waals surface area (Å²) in [4.78, 5) is 24.4. The monoisotopic (exact) mass is 298 g/mol. The summed E-state index contributed by atoms with van der Waals surface area (Å²) in [5.41, 5.74) is 4.16. The summed E-state index contributed by atoms with van der Waals surface area (Å²) in [6, 6.07) is 0. The van der Waals surface area contributed by atoms with E-state index in [1.165, 1.54) is 11.1 Å². The molecule has 0 bridgehead atoms. The number of Topliss-reactive ketones (excluding diaryl/α,β-unsaturated/α-hetero) is 2.